The van der Waals surface area contributed by atoms with E-state index in [2.05, 4.69) is 0 Å². The van der Waals surface area contributed by atoms with E-state index in [1.807, 2.05) is 0 Å². The first-order chi connectivity index (χ1) is 5.59. The first kappa shape index (κ1) is 8.78. The van der Waals surface area contributed by atoms with Crippen molar-refractivity contribution in [1.29, 1.82) is 0 Å². The first-order valence-corrected chi connectivity index (χ1v) is 3.73. The number of hydrogen-bond donors (Lipinski definition) is 1. The van der Waals surface area contributed by atoms with Crippen LogP contribution in [0.5, 0.6) is 5.75 Å². The first-order valence-electron chi connectivity index (χ1n) is 3.73. The molecule has 1 N–H and O–H groups in total. The smallest absolute Gasteiger partial charge is 0.118 e. The number of phenols is 1. The van der Waals surface area contributed by atoms with Gasteiger partial charge in [0.15, 0.2) is 0 Å². The van der Waals surface area contributed by atoms with E-state index in [-0.39, 0.29) is 11.6 Å². The summed E-state index contributed by atoms with van der Waals surface area (Å²) in [6.45, 7) is 3.17. The lowest BCUT2D eigenvalue weighted by Gasteiger charge is -1.99. The molecule has 0 spiro atoms. The van der Waals surface area contributed by atoms with Crippen molar-refractivity contribution in [2.45, 2.75) is 13.8 Å². The molecule has 64 valence electrons. The summed E-state index contributed by atoms with van der Waals surface area (Å²) in [5.41, 5.74) is 1.52. The second kappa shape index (κ2) is 3.39. The molecule has 1 rings (SSSR count). The maximum absolute atomic E-state index is 12.4. The Hall–Kier alpha value is -1.31. The fourth-order valence-corrected chi connectivity index (χ4v) is 0.998. The number of rotatable bonds is 1. The topological polar surface area (TPSA) is 20.2 Å². The normalized spacial score (nSPS) is 11.8. The molecule has 0 saturated heterocycles. The van der Waals surface area contributed by atoms with Crippen molar-refractivity contribution in [2.24, 2.45) is 0 Å². The van der Waals surface area contributed by atoms with Gasteiger partial charge in [-0.15, -0.1) is 0 Å². The maximum atomic E-state index is 12.4. The Labute approximate surface area is 71.2 Å². The molecule has 0 aliphatic carbocycles. The minimum absolute atomic E-state index is 0.236. The van der Waals surface area contributed by atoms with Crippen molar-refractivity contribution in [1.82, 2.24) is 0 Å². The zero-order valence-corrected chi connectivity index (χ0v) is 7.13. The number of halogens is 1. The fourth-order valence-electron chi connectivity index (χ4n) is 0.998. The van der Waals surface area contributed by atoms with Gasteiger partial charge < -0.3 is 5.11 Å². The van der Waals surface area contributed by atoms with Crippen LogP contribution in [0.2, 0.25) is 0 Å². The van der Waals surface area contributed by atoms with E-state index >= 15 is 0 Å². The van der Waals surface area contributed by atoms with Gasteiger partial charge in [-0.05, 0) is 43.2 Å². The molecule has 0 radical (unpaired) electrons. The number of aromatic hydroxyl groups is 1. The third kappa shape index (κ3) is 2.09. The number of benzene rings is 1. The number of phenolic OH excluding ortho intramolecular Hbond substituents is 1. The summed E-state index contributed by atoms with van der Waals surface area (Å²) in [5, 5.41) is 9.16. The Kier molecular flexibility index (Phi) is 2.48. The van der Waals surface area contributed by atoms with Crippen LogP contribution in [0.4, 0.5) is 4.39 Å². The molecule has 0 amide bonds. The number of aryl methyl sites for hydroxylation is 1. The van der Waals surface area contributed by atoms with E-state index in [9.17, 15) is 4.39 Å². The Morgan fingerprint density at radius 2 is 2.17 bits per heavy atom. The Morgan fingerprint density at radius 1 is 1.50 bits per heavy atom. The molecule has 1 aromatic carbocycles. The van der Waals surface area contributed by atoms with E-state index in [1.165, 1.54) is 13.0 Å². The molecule has 0 aromatic heterocycles. The van der Waals surface area contributed by atoms with Crippen LogP contribution in [-0.4, -0.2) is 5.11 Å². The molecule has 0 heterocycles. The quantitative estimate of drug-likeness (QED) is 0.679. The summed E-state index contributed by atoms with van der Waals surface area (Å²) < 4.78 is 12.4. The highest BCUT2D eigenvalue weighted by Gasteiger charge is 1.95. The summed E-state index contributed by atoms with van der Waals surface area (Å²) >= 11 is 0. The van der Waals surface area contributed by atoms with Crippen LogP contribution in [0.1, 0.15) is 18.1 Å². The zero-order valence-electron chi connectivity index (χ0n) is 7.13. The number of allylic oxidation sites excluding steroid dienone is 1. The van der Waals surface area contributed by atoms with Gasteiger partial charge >= 0.3 is 0 Å². The highest BCUT2D eigenvalue weighted by molar-refractivity contribution is 5.53. The lowest BCUT2D eigenvalue weighted by atomic mass is 10.1. The summed E-state index contributed by atoms with van der Waals surface area (Å²) in [7, 11) is 0. The van der Waals surface area contributed by atoms with Gasteiger partial charge in [-0.25, -0.2) is 4.39 Å². The third-order valence-corrected chi connectivity index (χ3v) is 1.59. The van der Waals surface area contributed by atoms with Gasteiger partial charge in [-0.1, -0.05) is 6.07 Å². The van der Waals surface area contributed by atoms with Crippen molar-refractivity contribution < 1.29 is 9.50 Å². The van der Waals surface area contributed by atoms with Crippen LogP contribution in [-0.2, 0) is 0 Å². The van der Waals surface area contributed by atoms with E-state index in [4.69, 9.17) is 5.11 Å². The molecule has 2 heteroatoms. The van der Waals surface area contributed by atoms with E-state index in [1.54, 1.807) is 25.1 Å². The summed E-state index contributed by atoms with van der Waals surface area (Å²) in [4.78, 5) is 0. The highest BCUT2D eigenvalue weighted by atomic mass is 19.1. The van der Waals surface area contributed by atoms with Crippen LogP contribution >= 0.6 is 0 Å². The van der Waals surface area contributed by atoms with Gasteiger partial charge in [0.1, 0.15) is 5.75 Å². The molecule has 0 atom stereocenters. The van der Waals surface area contributed by atoms with Gasteiger partial charge in [-0.2, -0.15) is 0 Å². The largest absolute Gasteiger partial charge is 0.508 e. The lowest BCUT2D eigenvalue weighted by molar-refractivity contribution is 0.471. The minimum atomic E-state index is -0.236. The molecule has 0 aliphatic rings. The third-order valence-electron chi connectivity index (χ3n) is 1.59. The fraction of sp³-hybridized carbons (Fsp3) is 0.200. The molecule has 1 nitrogen and oxygen atoms in total. The Balaban J connectivity index is 3.05. The summed E-state index contributed by atoms with van der Waals surface area (Å²) in [6, 6.07) is 4.97. The second-order valence-electron chi connectivity index (χ2n) is 2.78. The second-order valence-corrected chi connectivity index (χ2v) is 2.78. The molecule has 12 heavy (non-hydrogen) atoms. The van der Waals surface area contributed by atoms with Crippen molar-refractivity contribution in [3.8, 4) is 5.75 Å². The van der Waals surface area contributed by atoms with E-state index in [0.29, 0.717) is 0 Å². The van der Waals surface area contributed by atoms with Crippen molar-refractivity contribution >= 4 is 6.08 Å². The molecule has 0 fully saturated rings. The number of hydrogen-bond acceptors (Lipinski definition) is 1. The molecule has 0 bridgehead atoms. The molecule has 0 unspecified atom stereocenters. The Morgan fingerprint density at radius 3 is 2.67 bits per heavy atom. The minimum Gasteiger partial charge on any atom is -0.508 e. The van der Waals surface area contributed by atoms with Crippen LogP contribution in [0, 0.1) is 6.92 Å². The van der Waals surface area contributed by atoms with Gasteiger partial charge in [0.2, 0.25) is 0 Å². The predicted molar refractivity (Wildman–Crippen MR) is 47.6 cm³/mol. The monoisotopic (exact) mass is 166 g/mol. The summed E-state index contributed by atoms with van der Waals surface area (Å²) in [6.07, 6.45) is 1.42. The van der Waals surface area contributed by atoms with Gasteiger partial charge in [0.25, 0.3) is 0 Å². The van der Waals surface area contributed by atoms with Gasteiger partial charge in [0, 0.05) is 0 Å². The zero-order chi connectivity index (χ0) is 9.14. The molecular weight excluding hydrogens is 155 g/mol. The predicted octanol–water partition coefficient (Wildman–Crippen LogP) is 3.03. The molecule has 1 aromatic rings. The van der Waals surface area contributed by atoms with Crippen LogP contribution in [0.3, 0.4) is 0 Å². The van der Waals surface area contributed by atoms with Crippen molar-refractivity contribution in [2.75, 3.05) is 0 Å². The van der Waals surface area contributed by atoms with Crippen LogP contribution in [0.25, 0.3) is 6.08 Å². The van der Waals surface area contributed by atoms with E-state index in [0.717, 1.165) is 11.1 Å². The molecular formula is C10H11FO. The standard InChI is InChI=1S/C10H11FO/c1-7-5-9(6-8(2)11)3-4-10(7)12/h3-6,12H,1-2H3/b8-6+. The molecule has 0 aliphatic heterocycles. The SMILES string of the molecule is C/C(F)=C\c1ccc(O)c(C)c1. The van der Waals surface area contributed by atoms with Gasteiger partial charge in [0.05, 0.1) is 5.83 Å². The summed E-state index contributed by atoms with van der Waals surface area (Å²) in [5.74, 6) is 0.00347. The average Bonchev–Trinajstić information content (AvgIpc) is 1.96. The Bertz CT molecular complexity index is 312. The van der Waals surface area contributed by atoms with E-state index < -0.39 is 0 Å². The maximum Gasteiger partial charge on any atom is 0.118 e. The lowest BCUT2D eigenvalue weighted by Crippen LogP contribution is -1.77. The van der Waals surface area contributed by atoms with Crippen LogP contribution in [0.15, 0.2) is 24.0 Å². The molecule has 0 saturated carbocycles. The van der Waals surface area contributed by atoms with Crippen LogP contribution < -0.4 is 0 Å². The highest BCUT2D eigenvalue weighted by Crippen LogP contribution is 2.18. The van der Waals surface area contributed by atoms with Crippen molar-refractivity contribution in [3.63, 3.8) is 0 Å². The van der Waals surface area contributed by atoms with Crippen molar-refractivity contribution in [3.05, 3.63) is 35.2 Å². The van der Waals surface area contributed by atoms with Gasteiger partial charge in [-0.3, -0.25) is 0 Å². The average molecular weight is 166 g/mol.